The molecule has 0 bridgehead atoms. The van der Waals surface area contributed by atoms with Crippen molar-refractivity contribution < 1.29 is 13.9 Å². The number of amides is 1. The van der Waals surface area contributed by atoms with Crippen LogP contribution in [-0.4, -0.2) is 24.5 Å². The molecule has 0 atom stereocenters. The van der Waals surface area contributed by atoms with Crippen molar-refractivity contribution in [2.24, 2.45) is 0 Å². The standard InChI is InChI=1S/C16H15BrFNO2/c1-19(10-12-5-3-2-4-6-12)16(20)11-21-15-8-7-13(17)9-14(15)18/h2-9H,10-11H2,1H3. The van der Waals surface area contributed by atoms with Crippen molar-refractivity contribution in [2.45, 2.75) is 6.54 Å². The van der Waals surface area contributed by atoms with Gasteiger partial charge in [-0.25, -0.2) is 4.39 Å². The van der Waals surface area contributed by atoms with E-state index in [1.165, 1.54) is 12.1 Å². The zero-order valence-electron chi connectivity index (χ0n) is 11.6. The highest BCUT2D eigenvalue weighted by Gasteiger charge is 2.12. The van der Waals surface area contributed by atoms with Crippen LogP contribution in [0.5, 0.6) is 5.75 Å². The molecule has 0 aliphatic carbocycles. The molecule has 2 aromatic rings. The Morgan fingerprint density at radius 1 is 1.24 bits per heavy atom. The van der Waals surface area contributed by atoms with Gasteiger partial charge in [0, 0.05) is 18.1 Å². The predicted molar refractivity (Wildman–Crippen MR) is 82.5 cm³/mol. The Morgan fingerprint density at radius 2 is 1.95 bits per heavy atom. The van der Waals surface area contributed by atoms with Gasteiger partial charge in [-0.05, 0) is 23.8 Å². The van der Waals surface area contributed by atoms with E-state index in [0.717, 1.165) is 5.56 Å². The minimum atomic E-state index is -0.497. The van der Waals surface area contributed by atoms with Gasteiger partial charge in [0.25, 0.3) is 5.91 Å². The lowest BCUT2D eigenvalue weighted by molar-refractivity contribution is -0.132. The number of hydrogen-bond donors (Lipinski definition) is 0. The summed E-state index contributed by atoms with van der Waals surface area (Å²) in [5.41, 5.74) is 1.03. The molecule has 0 aromatic heterocycles. The second-order valence-electron chi connectivity index (χ2n) is 4.60. The Morgan fingerprint density at radius 3 is 2.62 bits per heavy atom. The van der Waals surface area contributed by atoms with Crippen LogP contribution in [0, 0.1) is 5.82 Å². The molecular formula is C16H15BrFNO2. The van der Waals surface area contributed by atoms with E-state index in [1.807, 2.05) is 30.3 Å². The fraction of sp³-hybridized carbons (Fsp3) is 0.188. The first kappa shape index (κ1) is 15.5. The third kappa shape index (κ3) is 4.56. The van der Waals surface area contributed by atoms with Crippen LogP contribution in [0.15, 0.2) is 53.0 Å². The molecule has 0 heterocycles. The predicted octanol–water partition coefficient (Wildman–Crippen LogP) is 3.63. The number of likely N-dealkylation sites (N-methyl/N-ethyl adjacent to an activating group) is 1. The van der Waals surface area contributed by atoms with E-state index in [1.54, 1.807) is 18.0 Å². The fourth-order valence-electron chi connectivity index (χ4n) is 1.79. The van der Waals surface area contributed by atoms with Crippen LogP contribution in [0.3, 0.4) is 0 Å². The Labute approximate surface area is 131 Å². The van der Waals surface area contributed by atoms with Crippen LogP contribution in [0.25, 0.3) is 0 Å². The van der Waals surface area contributed by atoms with Crippen molar-refractivity contribution in [3.63, 3.8) is 0 Å². The van der Waals surface area contributed by atoms with Gasteiger partial charge in [-0.3, -0.25) is 4.79 Å². The molecule has 2 aromatic carbocycles. The summed E-state index contributed by atoms with van der Waals surface area (Å²) >= 11 is 3.17. The van der Waals surface area contributed by atoms with Crippen molar-refractivity contribution >= 4 is 21.8 Å². The summed E-state index contributed by atoms with van der Waals surface area (Å²) in [6.45, 7) is 0.299. The van der Waals surface area contributed by atoms with Crippen molar-refractivity contribution in [3.8, 4) is 5.75 Å². The number of rotatable bonds is 5. The monoisotopic (exact) mass is 351 g/mol. The topological polar surface area (TPSA) is 29.5 Å². The first-order chi connectivity index (χ1) is 10.1. The van der Waals surface area contributed by atoms with E-state index in [0.29, 0.717) is 11.0 Å². The second kappa shape index (κ2) is 7.22. The van der Waals surface area contributed by atoms with Crippen LogP contribution in [0.4, 0.5) is 4.39 Å². The second-order valence-corrected chi connectivity index (χ2v) is 5.51. The highest BCUT2D eigenvalue weighted by Crippen LogP contribution is 2.21. The maximum Gasteiger partial charge on any atom is 0.260 e. The molecule has 110 valence electrons. The van der Waals surface area contributed by atoms with E-state index in [9.17, 15) is 9.18 Å². The third-order valence-corrected chi connectivity index (χ3v) is 3.43. The molecular weight excluding hydrogens is 337 g/mol. The first-order valence-electron chi connectivity index (χ1n) is 6.42. The molecule has 21 heavy (non-hydrogen) atoms. The molecule has 0 saturated heterocycles. The summed E-state index contributed by atoms with van der Waals surface area (Å²) in [6, 6.07) is 14.1. The number of ether oxygens (including phenoxy) is 1. The summed E-state index contributed by atoms with van der Waals surface area (Å²) in [5, 5.41) is 0. The number of nitrogens with zero attached hydrogens (tertiary/aromatic N) is 1. The van der Waals surface area contributed by atoms with Gasteiger partial charge in [-0.15, -0.1) is 0 Å². The molecule has 2 rings (SSSR count). The number of benzene rings is 2. The van der Waals surface area contributed by atoms with Crippen LogP contribution in [0.2, 0.25) is 0 Å². The Hall–Kier alpha value is -1.88. The molecule has 0 saturated carbocycles. The van der Waals surface area contributed by atoms with Crippen LogP contribution < -0.4 is 4.74 Å². The van der Waals surface area contributed by atoms with Crippen LogP contribution in [-0.2, 0) is 11.3 Å². The molecule has 0 unspecified atom stereocenters. The summed E-state index contributed by atoms with van der Waals surface area (Å²) in [4.78, 5) is 13.5. The Bertz CT molecular complexity index is 619. The van der Waals surface area contributed by atoms with E-state index in [-0.39, 0.29) is 18.3 Å². The van der Waals surface area contributed by atoms with Gasteiger partial charge in [0.2, 0.25) is 0 Å². The highest BCUT2D eigenvalue weighted by atomic mass is 79.9. The molecule has 0 fully saturated rings. The van der Waals surface area contributed by atoms with Gasteiger partial charge >= 0.3 is 0 Å². The van der Waals surface area contributed by atoms with E-state index in [2.05, 4.69) is 15.9 Å². The maximum absolute atomic E-state index is 13.6. The minimum Gasteiger partial charge on any atom is -0.481 e. The summed E-state index contributed by atoms with van der Waals surface area (Å²) < 4.78 is 19.4. The number of carbonyl (C=O) groups excluding carboxylic acids is 1. The summed E-state index contributed by atoms with van der Waals surface area (Å²) in [7, 11) is 1.69. The molecule has 3 nitrogen and oxygen atoms in total. The summed E-state index contributed by atoms with van der Waals surface area (Å²) in [5.74, 6) is -0.635. The average Bonchev–Trinajstić information content (AvgIpc) is 2.47. The number of halogens is 2. The van der Waals surface area contributed by atoms with Gasteiger partial charge in [0.05, 0.1) is 0 Å². The van der Waals surface area contributed by atoms with Crippen LogP contribution in [0.1, 0.15) is 5.56 Å². The number of carbonyl (C=O) groups is 1. The van der Waals surface area contributed by atoms with Crippen molar-refractivity contribution in [1.29, 1.82) is 0 Å². The molecule has 0 N–H and O–H groups in total. The normalized spacial score (nSPS) is 10.2. The molecule has 5 heteroatoms. The lowest BCUT2D eigenvalue weighted by Crippen LogP contribution is -2.31. The maximum atomic E-state index is 13.6. The third-order valence-electron chi connectivity index (χ3n) is 2.93. The van der Waals surface area contributed by atoms with Gasteiger partial charge in [-0.1, -0.05) is 46.3 Å². The molecule has 0 aliphatic heterocycles. The van der Waals surface area contributed by atoms with E-state index in [4.69, 9.17) is 4.74 Å². The first-order valence-corrected chi connectivity index (χ1v) is 7.21. The lowest BCUT2D eigenvalue weighted by atomic mass is 10.2. The zero-order valence-corrected chi connectivity index (χ0v) is 13.1. The van der Waals surface area contributed by atoms with Crippen molar-refractivity contribution in [3.05, 3.63) is 64.4 Å². The SMILES string of the molecule is CN(Cc1ccccc1)C(=O)COc1ccc(Br)cc1F. The average molecular weight is 352 g/mol. The highest BCUT2D eigenvalue weighted by molar-refractivity contribution is 9.10. The zero-order chi connectivity index (χ0) is 15.2. The van der Waals surface area contributed by atoms with Gasteiger partial charge < -0.3 is 9.64 Å². The molecule has 0 spiro atoms. The smallest absolute Gasteiger partial charge is 0.260 e. The lowest BCUT2D eigenvalue weighted by Gasteiger charge is -2.17. The van der Waals surface area contributed by atoms with Crippen molar-refractivity contribution in [1.82, 2.24) is 4.90 Å². The van der Waals surface area contributed by atoms with Crippen molar-refractivity contribution in [2.75, 3.05) is 13.7 Å². The fourth-order valence-corrected chi connectivity index (χ4v) is 2.12. The minimum absolute atomic E-state index is 0.0691. The van der Waals surface area contributed by atoms with Gasteiger partial charge in [0.15, 0.2) is 18.2 Å². The molecule has 0 aliphatic rings. The molecule has 0 radical (unpaired) electrons. The quantitative estimate of drug-likeness (QED) is 0.823. The largest absolute Gasteiger partial charge is 0.481 e. The van der Waals surface area contributed by atoms with Gasteiger partial charge in [0.1, 0.15) is 0 Å². The number of hydrogen-bond acceptors (Lipinski definition) is 2. The Kier molecular flexibility index (Phi) is 5.33. The van der Waals surface area contributed by atoms with Crippen LogP contribution >= 0.6 is 15.9 Å². The van der Waals surface area contributed by atoms with Gasteiger partial charge in [-0.2, -0.15) is 0 Å². The molecule has 1 amide bonds. The Balaban J connectivity index is 1.89. The van der Waals surface area contributed by atoms with E-state index < -0.39 is 5.82 Å². The summed E-state index contributed by atoms with van der Waals surface area (Å²) in [6.07, 6.45) is 0. The van der Waals surface area contributed by atoms with E-state index >= 15 is 0 Å².